The Balaban J connectivity index is 1.96. The lowest BCUT2D eigenvalue weighted by Crippen LogP contribution is -2.30. The average molecular weight is 334 g/mol. The zero-order valence-electron chi connectivity index (χ0n) is 13.3. The van der Waals surface area contributed by atoms with Gasteiger partial charge in [0.25, 0.3) is 5.91 Å². The van der Waals surface area contributed by atoms with Crippen molar-refractivity contribution in [1.82, 2.24) is 9.88 Å². The summed E-state index contributed by atoms with van der Waals surface area (Å²) >= 11 is 0. The number of aliphatic hydroxyl groups excluding tert-OH is 1. The summed E-state index contributed by atoms with van der Waals surface area (Å²) in [4.78, 5) is 23.7. The molecule has 0 saturated carbocycles. The first-order chi connectivity index (χ1) is 11.5. The molecule has 1 heterocycles. The Labute approximate surface area is 138 Å². The Kier molecular flexibility index (Phi) is 6.08. The van der Waals surface area contributed by atoms with E-state index in [1.54, 1.807) is 35.9 Å². The molecule has 0 unspecified atom stereocenters. The molecule has 0 saturated heterocycles. The number of benzene rings is 1. The first kappa shape index (κ1) is 17.7. The van der Waals surface area contributed by atoms with Gasteiger partial charge in [0.15, 0.2) is 12.4 Å². The van der Waals surface area contributed by atoms with Crippen LogP contribution in [0.25, 0.3) is 0 Å². The predicted octanol–water partition coefficient (Wildman–Crippen LogP) is 0.983. The molecule has 0 spiro atoms. The van der Waals surface area contributed by atoms with Gasteiger partial charge in [0.2, 0.25) is 5.43 Å². The average Bonchev–Trinajstić information content (AvgIpc) is 2.56. The molecule has 0 fully saturated rings. The molecule has 7 heteroatoms. The minimum Gasteiger partial charge on any atom is -0.478 e. The summed E-state index contributed by atoms with van der Waals surface area (Å²) in [5.41, 5.74) is 0.550. The normalized spacial score (nSPS) is 10.5. The second kappa shape index (κ2) is 8.26. The zero-order valence-corrected chi connectivity index (χ0v) is 13.3. The van der Waals surface area contributed by atoms with Crippen LogP contribution in [0.3, 0.4) is 0 Å². The maximum absolute atomic E-state index is 13.5. The van der Waals surface area contributed by atoms with E-state index in [-0.39, 0.29) is 30.9 Å². The van der Waals surface area contributed by atoms with Crippen molar-refractivity contribution >= 4 is 5.91 Å². The Bertz CT molecular complexity index is 773. The Morgan fingerprint density at radius 2 is 2.08 bits per heavy atom. The van der Waals surface area contributed by atoms with Crippen molar-refractivity contribution in [3.8, 4) is 5.75 Å². The fourth-order valence-corrected chi connectivity index (χ4v) is 2.20. The van der Waals surface area contributed by atoms with E-state index >= 15 is 0 Å². The Hall–Kier alpha value is -2.67. The van der Waals surface area contributed by atoms with Gasteiger partial charge in [0.05, 0.1) is 12.3 Å². The molecule has 6 nitrogen and oxygen atoms in total. The highest BCUT2D eigenvalue weighted by molar-refractivity contribution is 5.77. The third-order valence-corrected chi connectivity index (χ3v) is 3.51. The molecule has 1 aromatic heterocycles. The van der Waals surface area contributed by atoms with Crippen LogP contribution in [0.5, 0.6) is 5.75 Å². The van der Waals surface area contributed by atoms with E-state index in [1.165, 1.54) is 12.1 Å². The molecule has 0 atom stereocenters. The SMILES string of the molecule is Cc1c(OCC(=O)NCc2ccccc2F)c(=O)ccn1CCO. The molecule has 0 aliphatic rings. The Morgan fingerprint density at radius 1 is 1.33 bits per heavy atom. The number of carbonyl (C=O) groups is 1. The van der Waals surface area contributed by atoms with E-state index in [2.05, 4.69) is 5.32 Å². The molecule has 0 radical (unpaired) electrons. The number of nitrogens with one attached hydrogen (secondary N) is 1. The largest absolute Gasteiger partial charge is 0.478 e. The summed E-state index contributed by atoms with van der Waals surface area (Å²) in [6.07, 6.45) is 1.55. The van der Waals surface area contributed by atoms with Gasteiger partial charge in [-0.1, -0.05) is 18.2 Å². The van der Waals surface area contributed by atoms with E-state index in [0.717, 1.165) is 0 Å². The molecule has 0 aliphatic heterocycles. The smallest absolute Gasteiger partial charge is 0.258 e. The van der Waals surface area contributed by atoms with E-state index in [0.29, 0.717) is 17.8 Å². The zero-order chi connectivity index (χ0) is 17.5. The second-order valence-electron chi connectivity index (χ2n) is 5.17. The summed E-state index contributed by atoms with van der Waals surface area (Å²) in [5.74, 6) is -0.800. The van der Waals surface area contributed by atoms with Gasteiger partial charge in [0.1, 0.15) is 5.82 Å². The first-order valence-corrected chi connectivity index (χ1v) is 7.46. The molecule has 2 rings (SSSR count). The maximum Gasteiger partial charge on any atom is 0.258 e. The van der Waals surface area contributed by atoms with Gasteiger partial charge in [-0.25, -0.2) is 4.39 Å². The van der Waals surface area contributed by atoms with Crippen molar-refractivity contribution in [2.75, 3.05) is 13.2 Å². The molecule has 2 N–H and O–H groups in total. The van der Waals surface area contributed by atoms with Crippen molar-refractivity contribution in [1.29, 1.82) is 0 Å². The molecule has 24 heavy (non-hydrogen) atoms. The molecule has 0 bridgehead atoms. The van der Waals surface area contributed by atoms with Crippen LogP contribution in [-0.2, 0) is 17.9 Å². The quantitative estimate of drug-likeness (QED) is 0.791. The van der Waals surface area contributed by atoms with Gasteiger partial charge in [-0.05, 0) is 13.0 Å². The van der Waals surface area contributed by atoms with Crippen LogP contribution < -0.4 is 15.5 Å². The van der Waals surface area contributed by atoms with Gasteiger partial charge >= 0.3 is 0 Å². The van der Waals surface area contributed by atoms with Gasteiger partial charge < -0.3 is 19.7 Å². The molecule has 2 aromatic rings. The number of hydrogen-bond donors (Lipinski definition) is 2. The van der Waals surface area contributed by atoms with Crippen LogP contribution in [0.15, 0.2) is 41.3 Å². The number of hydrogen-bond acceptors (Lipinski definition) is 4. The van der Waals surface area contributed by atoms with Gasteiger partial charge in [-0.2, -0.15) is 0 Å². The molecule has 128 valence electrons. The lowest BCUT2D eigenvalue weighted by molar-refractivity contribution is -0.123. The monoisotopic (exact) mass is 334 g/mol. The highest BCUT2D eigenvalue weighted by Gasteiger charge is 2.11. The van der Waals surface area contributed by atoms with Crippen LogP contribution in [-0.4, -0.2) is 28.8 Å². The second-order valence-corrected chi connectivity index (χ2v) is 5.17. The number of aromatic nitrogens is 1. The number of nitrogens with zero attached hydrogens (tertiary/aromatic N) is 1. The molecule has 1 amide bonds. The van der Waals surface area contributed by atoms with Crippen molar-refractivity contribution in [3.05, 3.63) is 63.8 Å². The van der Waals surface area contributed by atoms with Crippen LogP contribution in [0.1, 0.15) is 11.3 Å². The number of ether oxygens (including phenoxy) is 1. The van der Waals surface area contributed by atoms with E-state index < -0.39 is 11.7 Å². The van der Waals surface area contributed by atoms with Crippen LogP contribution in [0.4, 0.5) is 4.39 Å². The number of rotatable bonds is 7. The lowest BCUT2D eigenvalue weighted by atomic mass is 10.2. The Morgan fingerprint density at radius 3 is 2.79 bits per heavy atom. The topological polar surface area (TPSA) is 80.6 Å². The summed E-state index contributed by atoms with van der Waals surface area (Å²) in [5, 5.41) is 11.5. The number of amides is 1. The van der Waals surface area contributed by atoms with Crippen LogP contribution in [0, 0.1) is 12.7 Å². The van der Waals surface area contributed by atoms with Gasteiger partial charge in [-0.15, -0.1) is 0 Å². The van der Waals surface area contributed by atoms with Gasteiger partial charge in [0, 0.05) is 30.9 Å². The van der Waals surface area contributed by atoms with Crippen molar-refractivity contribution in [3.63, 3.8) is 0 Å². The highest BCUT2D eigenvalue weighted by atomic mass is 19.1. The lowest BCUT2D eigenvalue weighted by Gasteiger charge is -2.14. The summed E-state index contributed by atoms with van der Waals surface area (Å²) in [6.45, 7) is 1.60. The predicted molar refractivity (Wildman–Crippen MR) is 86.3 cm³/mol. The molecular weight excluding hydrogens is 315 g/mol. The summed E-state index contributed by atoms with van der Waals surface area (Å²) in [7, 11) is 0. The first-order valence-electron chi connectivity index (χ1n) is 7.46. The standard InChI is InChI=1S/C17H19FN2O4/c1-12-17(15(22)6-7-20(12)8-9-21)24-11-16(23)19-10-13-4-2-3-5-14(13)18/h2-7,21H,8-11H2,1H3,(H,19,23). The van der Waals surface area contributed by atoms with Crippen molar-refractivity contribution < 1.29 is 19.0 Å². The molecular formula is C17H19FN2O4. The van der Waals surface area contributed by atoms with Crippen LogP contribution in [0.2, 0.25) is 0 Å². The number of carbonyl (C=O) groups excluding carboxylic acids is 1. The minimum absolute atomic E-state index is 0.0391. The van der Waals surface area contributed by atoms with Crippen molar-refractivity contribution in [2.45, 2.75) is 20.0 Å². The summed E-state index contributed by atoms with van der Waals surface area (Å²) < 4.78 is 20.4. The van der Waals surface area contributed by atoms with E-state index in [1.807, 2.05) is 0 Å². The summed E-state index contributed by atoms with van der Waals surface area (Å²) in [6, 6.07) is 7.45. The number of halogens is 1. The number of aliphatic hydroxyl groups is 1. The maximum atomic E-state index is 13.5. The minimum atomic E-state index is -0.463. The van der Waals surface area contributed by atoms with E-state index in [9.17, 15) is 14.0 Å². The number of pyridine rings is 1. The van der Waals surface area contributed by atoms with Crippen LogP contribution >= 0.6 is 0 Å². The highest BCUT2D eigenvalue weighted by Crippen LogP contribution is 2.11. The third kappa shape index (κ3) is 4.42. The molecule has 1 aromatic carbocycles. The van der Waals surface area contributed by atoms with Crippen molar-refractivity contribution in [2.24, 2.45) is 0 Å². The fourth-order valence-electron chi connectivity index (χ4n) is 2.20. The van der Waals surface area contributed by atoms with Gasteiger partial charge in [-0.3, -0.25) is 9.59 Å². The molecule has 0 aliphatic carbocycles. The third-order valence-electron chi connectivity index (χ3n) is 3.51. The van der Waals surface area contributed by atoms with E-state index in [4.69, 9.17) is 9.84 Å². The fraction of sp³-hybridized carbons (Fsp3) is 0.294.